The van der Waals surface area contributed by atoms with Gasteiger partial charge in [-0.2, -0.15) is 26.3 Å². The van der Waals surface area contributed by atoms with Gasteiger partial charge in [-0.1, -0.05) is 33.8 Å². The number of benzene rings is 3. The first kappa shape index (κ1) is 41.1. The normalized spacial score (nSPS) is 15.0. The lowest BCUT2D eigenvalue weighted by atomic mass is 9.74. The summed E-state index contributed by atoms with van der Waals surface area (Å²) in [6, 6.07) is 9.81. The summed E-state index contributed by atoms with van der Waals surface area (Å²) >= 11 is 0. The van der Waals surface area contributed by atoms with Gasteiger partial charge < -0.3 is 15.5 Å². The minimum absolute atomic E-state index is 0.246. The van der Waals surface area contributed by atoms with E-state index >= 15 is 0 Å². The maximum atomic E-state index is 14.2. The molecule has 278 valence electrons. The van der Waals surface area contributed by atoms with E-state index in [0.29, 0.717) is 22.4 Å². The van der Waals surface area contributed by atoms with Crippen LogP contribution in [0.4, 0.5) is 49.6 Å². The van der Waals surface area contributed by atoms with Crippen LogP contribution in [0.2, 0.25) is 0 Å². The van der Waals surface area contributed by atoms with E-state index in [-0.39, 0.29) is 11.1 Å². The summed E-state index contributed by atoms with van der Waals surface area (Å²) in [5.41, 5.74) is -9.69. The Morgan fingerprint density at radius 1 is 0.745 bits per heavy atom. The summed E-state index contributed by atoms with van der Waals surface area (Å²) < 4.78 is 134. The fourth-order valence-corrected chi connectivity index (χ4v) is 5.64. The molecule has 0 bridgehead atoms. The van der Waals surface area contributed by atoms with Crippen molar-refractivity contribution in [3.05, 3.63) is 101 Å². The first-order chi connectivity index (χ1) is 23.2. The van der Waals surface area contributed by atoms with Crippen LogP contribution >= 0.6 is 0 Å². The Hall–Kier alpha value is -4.31. The van der Waals surface area contributed by atoms with Crippen molar-refractivity contribution in [1.82, 2.24) is 9.97 Å². The molecule has 0 spiro atoms. The van der Waals surface area contributed by atoms with Gasteiger partial charge in [0.25, 0.3) is 0 Å². The van der Waals surface area contributed by atoms with Gasteiger partial charge in [-0.05, 0) is 83.8 Å². The second-order valence-corrected chi connectivity index (χ2v) is 13.4. The predicted octanol–water partition coefficient (Wildman–Crippen LogP) is 8.41. The fourth-order valence-electron chi connectivity index (χ4n) is 5.64. The van der Waals surface area contributed by atoms with E-state index in [2.05, 4.69) is 15.3 Å². The van der Waals surface area contributed by atoms with Crippen LogP contribution < -0.4 is 5.32 Å². The third-order valence-electron chi connectivity index (χ3n) is 8.29. The second-order valence-electron chi connectivity index (χ2n) is 13.4. The lowest BCUT2D eigenvalue weighted by Crippen LogP contribution is -2.53. The molecule has 4 rings (SSSR count). The number of halogens is 10. The highest BCUT2D eigenvalue weighted by atomic mass is 19.4. The van der Waals surface area contributed by atoms with Crippen LogP contribution in [0.3, 0.4) is 0 Å². The molecule has 0 saturated carbocycles. The summed E-state index contributed by atoms with van der Waals surface area (Å²) in [5, 5.41) is 23.2. The summed E-state index contributed by atoms with van der Waals surface area (Å²) in [5.74, 6) is -2.84. The molecule has 0 saturated heterocycles. The average Bonchev–Trinajstić information content (AvgIpc) is 3.00. The molecule has 0 amide bonds. The first-order valence-electron chi connectivity index (χ1n) is 15.2. The smallest absolute Gasteiger partial charge is 0.381 e. The minimum atomic E-state index is -5.20. The highest BCUT2D eigenvalue weighted by Crippen LogP contribution is 2.43. The third kappa shape index (κ3) is 9.52. The van der Waals surface area contributed by atoms with Gasteiger partial charge in [-0.25, -0.2) is 27.5 Å². The van der Waals surface area contributed by atoms with Crippen LogP contribution in [0.5, 0.6) is 0 Å². The number of rotatable bonds is 10. The SMILES string of the molecule is CC(C)(CC(O)(C=O)C(F)(F)F)c1cc(F)ccc1F.Cc1ncc2c(NCC(O)(CC(C)(C)c3cc(F)ccc3F)C(F)(F)F)cccc2n1. The molecule has 0 fully saturated rings. The van der Waals surface area contributed by atoms with Crippen molar-refractivity contribution in [2.24, 2.45) is 0 Å². The van der Waals surface area contributed by atoms with Crippen molar-refractivity contribution < 1.29 is 58.9 Å². The third-order valence-corrected chi connectivity index (χ3v) is 8.29. The first-order valence-corrected chi connectivity index (χ1v) is 15.2. The van der Waals surface area contributed by atoms with Gasteiger partial charge in [-0.3, -0.25) is 4.79 Å². The van der Waals surface area contributed by atoms with E-state index in [0.717, 1.165) is 36.4 Å². The molecule has 1 heterocycles. The fraction of sp³-hybridized carbons (Fsp3) is 0.400. The molecule has 16 heteroatoms. The summed E-state index contributed by atoms with van der Waals surface area (Å²) in [4.78, 5) is 18.9. The number of fused-ring (bicyclic) bond motifs is 1. The van der Waals surface area contributed by atoms with Gasteiger partial charge in [0.1, 0.15) is 29.1 Å². The lowest BCUT2D eigenvalue weighted by molar-refractivity contribution is -0.260. The molecule has 3 aromatic carbocycles. The zero-order valence-electron chi connectivity index (χ0n) is 27.9. The second kappa shape index (κ2) is 14.7. The Morgan fingerprint density at radius 2 is 1.25 bits per heavy atom. The topological polar surface area (TPSA) is 95.3 Å². The Morgan fingerprint density at radius 3 is 1.73 bits per heavy atom. The molecular formula is C35H35F10N3O3. The van der Waals surface area contributed by atoms with E-state index < -0.39 is 83.3 Å². The van der Waals surface area contributed by atoms with Crippen molar-refractivity contribution in [2.45, 2.75) is 81.8 Å². The number of hydrogen-bond acceptors (Lipinski definition) is 6. The quantitative estimate of drug-likeness (QED) is 0.112. The van der Waals surface area contributed by atoms with Gasteiger partial charge in [0.05, 0.1) is 12.1 Å². The van der Waals surface area contributed by atoms with Crippen LogP contribution in [0.25, 0.3) is 10.9 Å². The van der Waals surface area contributed by atoms with Gasteiger partial charge in [0, 0.05) is 23.7 Å². The molecule has 1 aromatic heterocycles. The van der Waals surface area contributed by atoms with Gasteiger partial charge in [0.15, 0.2) is 11.9 Å². The number of nitrogens with zero attached hydrogens (tertiary/aromatic N) is 2. The lowest BCUT2D eigenvalue weighted by Gasteiger charge is -2.38. The van der Waals surface area contributed by atoms with E-state index in [4.69, 9.17) is 0 Å². The largest absolute Gasteiger partial charge is 0.424 e. The predicted molar refractivity (Wildman–Crippen MR) is 169 cm³/mol. The molecular weight excluding hydrogens is 700 g/mol. The van der Waals surface area contributed by atoms with Crippen molar-refractivity contribution in [3.8, 4) is 0 Å². The summed E-state index contributed by atoms with van der Waals surface area (Å²) in [7, 11) is 0. The maximum absolute atomic E-state index is 14.2. The average molecular weight is 736 g/mol. The maximum Gasteiger partial charge on any atom is 0.424 e. The van der Waals surface area contributed by atoms with Crippen LogP contribution in [-0.4, -0.2) is 56.6 Å². The van der Waals surface area contributed by atoms with Crippen molar-refractivity contribution >= 4 is 22.9 Å². The number of nitrogens with one attached hydrogen (secondary N) is 1. The number of aliphatic hydroxyl groups is 2. The number of aryl methyl sites for hydroxylation is 1. The van der Waals surface area contributed by atoms with Gasteiger partial charge >= 0.3 is 12.4 Å². The molecule has 3 N–H and O–H groups in total. The molecule has 2 unspecified atom stereocenters. The number of hydrogen-bond donors (Lipinski definition) is 3. The molecule has 4 aromatic rings. The van der Waals surface area contributed by atoms with Crippen LogP contribution in [0.1, 0.15) is 57.5 Å². The number of aromatic nitrogens is 2. The monoisotopic (exact) mass is 735 g/mol. The Bertz CT molecular complexity index is 1860. The van der Waals surface area contributed by atoms with Crippen LogP contribution in [0, 0.1) is 30.2 Å². The Kier molecular flexibility index (Phi) is 11.9. The van der Waals surface area contributed by atoms with E-state index in [1.54, 1.807) is 25.1 Å². The summed E-state index contributed by atoms with van der Waals surface area (Å²) in [6.45, 7) is 5.82. The molecule has 0 aliphatic rings. The molecule has 0 radical (unpaired) electrons. The number of alkyl halides is 6. The van der Waals surface area contributed by atoms with Crippen LogP contribution in [0.15, 0.2) is 60.8 Å². The van der Waals surface area contributed by atoms with Gasteiger partial charge in [-0.15, -0.1) is 0 Å². The standard InChI is InChI=1S/C22H22F5N3O.C13H13F5O2/c1-13-28-10-15-18(5-4-6-19(15)30-13)29-12-21(31,22(25,26)27)11-20(2,3)16-9-14(23)7-8-17(16)24;1-11(2,6-12(20,7-19)13(16,17)18)9-5-8(14)3-4-10(9)15/h4-10,29,31H,11-12H2,1-3H3;3-5,7,20H,6H2,1-2H3. The molecule has 2 atom stereocenters. The van der Waals surface area contributed by atoms with Crippen molar-refractivity contribution in [2.75, 3.05) is 11.9 Å². The van der Waals surface area contributed by atoms with Gasteiger partial charge in [0.2, 0.25) is 5.60 Å². The minimum Gasteiger partial charge on any atom is -0.381 e. The van der Waals surface area contributed by atoms with E-state index in [1.807, 2.05) is 0 Å². The Balaban J connectivity index is 0.000000304. The van der Waals surface area contributed by atoms with Crippen molar-refractivity contribution in [3.63, 3.8) is 0 Å². The van der Waals surface area contributed by atoms with E-state index in [9.17, 15) is 58.9 Å². The Labute approximate surface area is 286 Å². The molecule has 0 aliphatic heterocycles. The number of aldehydes is 1. The molecule has 0 aliphatic carbocycles. The van der Waals surface area contributed by atoms with E-state index in [1.165, 1.54) is 33.9 Å². The van der Waals surface area contributed by atoms with Crippen molar-refractivity contribution in [1.29, 1.82) is 0 Å². The highest BCUT2D eigenvalue weighted by molar-refractivity contribution is 5.90. The molecule has 6 nitrogen and oxygen atoms in total. The number of anilines is 1. The zero-order chi connectivity index (χ0) is 38.8. The number of carbonyl (C=O) groups excluding carboxylic acids is 1. The number of carbonyl (C=O) groups is 1. The summed E-state index contributed by atoms with van der Waals surface area (Å²) in [6.07, 6.45) is -11.4. The van der Waals surface area contributed by atoms with Crippen LogP contribution in [-0.2, 0) is 15.6 Å². The zero-order valence-corrected chi connectivity index (χ0v) is 27.9. The molecule has 51 heavy (non-hydrogen) atoms. The highest BCUT2D eigenvalue weighted by Gasteiger charge is 2.57.